The van der Waals surface area contributed by atoms with E-state index in [1.165, 1.54) is 11.1 Å². The summed E-state index contributed by atoms with van der Waals surface area (Å²) in [5.74, 6) is 0.771. The minimum absolute atomic E-state index is 0.653. The van der Waals surface area contributed by atoms with Gasteiger partial charge in [-0.15, -0.1) is 5.10 Å². The van der Waals surface area contributed by atoms with Crippen molar-refractivity contribution in [2.24, 2.45) is 0 Å². The van der Waals surface area contributed by atoms with Crippen molar-refractivity contribution in [2.75, 3.05) is 5.32 Å². The zero-order chi connectivity index (χ0) is 18.4. The minimum Gasteiger partial charge on any atom is -0.362 e. The van der Waals surface area contributed by atoms with Gasteiger partial charge in [-0.2, -0.15) is 5.10 Å². The van der Waals surface area contributed by atoms with Crippen molar-refractivity contribution in [3.63, 3.8) is 0 Å². The molecule has 0 amide bonds. The first-order valence-electron chi connectivity index (χ1n) is 8.18. The number of halogens is 1. The quantitative estimate of drug-likeness (QED) is 0.569. The Hall–Kier alpha value is -2.37. The van der Waals surface area contributed by atoms with Crippen LogP contribution in [0.15, 0.2) is 59.9 Å². The highest BCUT2D eigenvalue weighted by Gasteiger charge is 2.04. The van der Waals surface area contributed by atoms with E-state index in [0.717, 1.165) is 27.9 Å². The van der Waals surface area contributed by atoms with Crippen molar-refractivity contribution in [3.05, 3.63) is 82.3 Å². The molecule has 132 valence electrons. The molecule has 0 aliphatic rings. The molecule has 0 unspecified atom stereocenters. The third kappa shape index (κ3) is 5.31. The maximum atomic E-state index is 5.91. The molecule has 0 saturated heterocycles. The minimum atomic E-state index is 0.653. The lowest BCUT2D eigenvalue weighted by molar-refractivity contribution is 0.806. The molecule has 2 aromatic carbocycles. The van der Waals surface area contributed by atoms with Gasteiger partial charge in [-0.05, 0) is 49.8 Å². The SMILES string of the molecule is Cc1ccc(NC=Cc2nc(SCc3ccc(Cl)cc3)nnc2C)cc1. The van der Waals surface area contributed by atoms with Gasteiger partial charge in [0.1, 0.15) is 0 Å². The average molecular weight is 383 g/mol. The predicted molar refractivity (Wildman–Crippen MR) is 109 cm³/mol. The molecule has 0 bridgehead atoms. The van der Waals surface area contributed by atoms with Crippen LogP contribution in [0.5, 0.6) is 0 Å². The molecule has 3 rings (SSSR count). The van der Waals surface area contributed by atoms with Crippen LogP contribution < -0.4 is 5.32 Å². The summed E-state index contributed by atoms with van der Waals surface area (Å²) in [6, 6.07) is 16.0. The average Bonchev–Trinajstić information content (AvgIpc) is 2.65. The molecule has 0 radical (unpaired) electrons. The number of aryl methyl sites for hydroxylation is 2. The molecule has 26 heavy (non-hydrogen) atoms. The van der Waals surface area contributed by atoms with Gasteiger partial charge in [0.25, 0.3) is 0 Å². The number of rotatable bonds is 6. The van der Waals surface area contributed by atoms with E-state index >= 15 is 0 Å². The van der Waals surface area contributed by atoms with Gasteiger partial charge >= 0.3 is 0 Å². The van der Waals surface area contributed by atoms with Gasteiger partial charge in [0.05, 0.1) is 11.4 Å². The number of nitrogens with one attached hydrogen (secondary N) is 1. The second-order valence-electron chi connectivity index (χ2n) is 5.82. The molecule has 0 aliphatic heterocycles. The molecule has 0 fully saturated rings. The molecule has 0 spiro atoms. The number of hydrogen-bond acceptors (Lipinski definition) is 5. The Labute approximate surface area is 162 Å². The van der Waals surface area contributed by atoms with Crippen molar-refractivity contribution in [1.29, 1.82) is 0 Å². The summed E-state index contributed by atoms with van der Waals surface area (Å²) in [4.78, 5) is 4.59. The van der Waals surface area contributed by atoms with E-state index in [1.54, 1.807) is 11.8 Å². The van der Waals surface area contributed by atoms with E-state index < -0.39 is 0 Å². The zero-order valence-corrected chi connectivity index (χ0v) is 16.2. The van der Waals surface area contributed by atoms with Crippen LogP contribution in [-0.2, 0) is 5.75 Å². The van der Waals surface area contributed by atoms with Crippen LogP contribution in [-0.4, -0.2) is 15.2 Å². The van der Waals surface area contributed by atoms with E-state index in [4.69, 9.17) is 11.6 Å². The fraction of sp³-hybridized carbons (Fsp3) is 0.150. The maximum absolute atomic E-state index is 5.91. The lowest BCUT2D eigenvalue weighted by Crippen LogP contribution is -1.99. The van der Waals surface area contributed by atoms with Crippen LogP contribution in [0, 0.1) is 13.8 Å². The molecule has 0 aliphatic carbocycles. The molecule has 0 saturated carbocycles. The first-order valence-corrected chi connectivity index (χ1v) is 9.55. The molecule has 3 aromatic rings. The number of anilines is 1. The van der Waals surface area contributed by atoms with Gasteiger partial charge in [0, 0.05) is 22.7 Å². The number of nitrogens with zero attached hydrogens (tertiary/aromatic N) is 3. The number of benzene rings is 2. The molecular formula is C20H19ClN4S. The van der Waals surface area contributed by atoms with Gasteiger partial charge in [0.15, 0.2) is 0 Å². The van der Waals surface area contributed by atoms with Crippen molar-refractivity contribution in [2.45, 2.75) is 24.8 Å². The van der Waals surface area contributed by atoms with Crippen molar-refractivity contribution in [1.82, 2.24) is 15.2 Å². The number of thioether (sulfide) groups is 1. The highest BCUT2D eigenvalue weighted by Crippen LogP contribution is 2.21. The highest BCUT2D eigenvalue weighted by molar-refractivity contribution is 7.98. The van der Waals surface area contributed by atoms with E-state index in [0.29, 0.717) is 5.16 Å². The smallest absolute Gasteiger partial charge is 0.209 e. The lowest BCUT2D eigenvalue weighted by Gasteiger charge is -2.04. The van der Waals surface area contributed by atoms with Gasteiger partial charge in [0.2, 0.25) is 5.16 Å². The Kier molecular flexibility index (Phi) is 6.26. The molecule has 1 aromatic heterocycles. The predicted octanol–water partition coefficient (Wildman–Crippen LogP) is 5.52. The third-order valence-electron chi connectivity index (χ3n) is 3.70. The van der Waals surface area contributed by atoms with E-state index in [2.05, 4.69) is 39.6 Å². The fourth-order valence-corrected chi connectivity index (χ4v) is 3.07. The topological polar surface area (TPSA) is 50.7 Å². The summed E-state index contributed by atoms with van der Waals surface area (Å²) < 4.78 is 0. The van der Waals surface area contributed by atoms with Crippen molar-refractivity contribution < 1.29 is 0 Å². The van der Waals surface area contributed by atoms with E-state index in [-0.39, 0.29) is 0 Å². The normalized spacial score (nSPS) is 11.0. The Morgan fingerprint density at radius 3 is 2.46 bits per heavy atom. The Balaban J connectivity index is 1.64. The standard InChI is InChI=1S/C20H19ClN4S/c1-14-3-9-18(10-4-14)22-12-11-19-15(2)24-25-20(23-19)26-13-16-5-7-17(21)8-6-16/h3-12,22H,13H2,1-2H3. The van der Waals surface area contributed by atoms with Crippen LogP contribution in [0.1, 0.15) is 22.5 Å². The highest BCUT2D eigenvalue weighted by atomic mass is 35.5. The fourth-order valence-electron chi connectivity index (χ4n) is 2.19. The Bertz CT molecular complexity index is 893. The van der Waals surface area contributed by atoms with Gasteiger partial charge in [-0.3, -0.25) is 0 Å². The van der Waals surface area contributed by atoms with Crippen LogP contribution >= 0.6 is 23.4 Å². The maximum Gasteiger partial charge on any atom is 0.209 e. The van der Waals surface area contributed by atoms with Crippen molar-refractivity contribution in [3.8, 4) is 0 Å². The summed E-state index contributed by atoms with van der Waals surface area (Å²) in [7, 11) is 0. The van der Waals surface area contributed by atoms with E-state index in [1.807, 2.05) is 55.6 Å². The van der Waals surface area contributed by atoms with Gasteiger partial charge < -0.3 is 5.32 Å². The third-order valence-corrected chi connectivity index (χ3v) is 4.86. The van der Waals surface area contributed by atoms with Crippen LogP contribution in [0.4, 0.5) is 5.69 Å². The first kappa shape index (κ1) is 18.4. The molecule has 6 heteroatoms. The molecule has 0 atom stereocenters. The molecule has 4 nitrogen and oxygen atoms in total. The Morgan fingerprint density at radius 1 is 1.00 bits per heavy atom. The molecular weight excluding hydrogens is 364 g/mol. The van der Waals surface area contributed by atoms with Gasteiger partial charge in [-0.25, -0.2) is 4.98 Å². The molecule has 1 N–H and O–H groups in total. The second-order valence-corrected chi connectivity index (χ2v) is 7.20. The van der Waals surface area contributed by atoms with Crippen molar-refractivity contribution >= 4 is 35.1 Å². The largest absolute Gasteiger partial charge is 0.362 e. The van der Waals surface area contributed by atoms with Crippen LogP contribution in [0.2, 0.25) is 5.02 Å². The number of hydrogen-bond donors (Lipinski definition) is 1. The monoisotopic (exact) mass is 382 g/mol. The summed E-state index contributed by atoms with van der Waals surface area (Å²) in [6.07, 6.45) is 3.78. The van der Waals surface area contributed by atoms with Crippen LogP contribution in [0.3, 0.4) is 0 Å². The molecule has 1 heterocycles. The van der Waals surface area contributed by atoms with E-state index in [9.17, 15) is 0 Å². The summed E-state index contributed by atoms with van der Waals surface area (Å²) in [5, 5.41) is 13.0. The van der Waals surface area contributed by atoms with Gasteiger partial charge in [-0.1, -0.05) is 53.2 Å². The Morgan fingerprint density at radius 2 is 1.73 bits per heavy atom. The zero-order valence-electron chi connectivity index (χ0n) is 14.6. The van der Waals surface area contributed by atoms with Crippen LogP contribution in [0.25, 0.3) is 6.08 Å². The second kappa shape index (κ2) is 8.83. The summed E-state index contributed by atoms with van der Waals surface area (Å²) in [6.45, 7) is 3.97. The lowest BCUT2D eigenvalue weighted by atomic mass is 10.2. The number of aromatic nitrogens is 3. The summed E-state index contributed by atoms with van der Waals surface area (Å²) >= 11 is 7.46. The summed E-state index contributed by atoms with van der Waals surface area (Å²) in [5.41, 5.74) is 5.03. The first-order chi connectivity index (χ1) is 12.6.